The van der Waals surface area contributed by atoms with Crippen molar-refractivity contribution in [3.05, 3.63) is 59.0 Å². The molecule has 0 atom stereocenters. The Hall–Kier alpha value is -2.64. The quantitative estimate of drug-likeness (QED) is 0.735. The Morgan fingerprint density at radius 1 is 0.806 bits per heavy atom. The van der Waals surface area contributed by atoms with Crippen molar-refractivity contribution < 1.29 is 14.0 Å². The standard InChI is InChI=1S/C24H32N4O3/c1-19-5-3-4-6-21(19)17-25-9-13-27(14-10-25)23(29)18-26-11-15-28(16-12-26)24(30)22-8-7-20(2)31-22/h3-8H,9-18H2,1-2H3. The van der Waals surface area contributed by atoms with E-state index in [4.69, 9.17) is 4.42 Å². The summed E-state index contributed by atoms with van der Waals surface area (Å²) < 4.78 is 5.45. The third kappa shape index (κ3) is 5.35. The average Bonchev–Trinajstić information content (AvgIpc) is 3.22. The smallest absolute Gasteiger partial charge is 0.289 e. The highest BCUT2D eigenvalue weighted by Gasteiger charge is 2.27. The lowest BCUT2D eigenvalue weighted by Gasteiger charge is -2.38. The van der Waals surface area contributed by atoms with Gasteiger partial charge in [0, 0.05) is 58.9 Å². The van der Waals surface area contributed by atoms with Crippen molar-refractivity contribution in [2.24, 2.45) is 0 Å². The molecule has 0 aliphatic carbocycles. The molecule has 2 aliphatic heterocycles. The minimum atomic E-state index is -0.0659. The van der Waals surface area contributed by atoms with Gasteiger partial charge in [0.25, 0.3) is 5.91 Å². The molecule has 0 saturated carbocycles. The van der Waals surface area contributed by atoms with Crippen LogP contribution in [0.2, 0.25) is 0 Å². The van der Waals surface area contributed by atoms with Gasteiger partial charge in [0.2, 0.25) is 5.91 Å². The Kier molecular flexibility index (Phi) is 6.73. The van der Waals surface area contributed by atoms with Crippen LogP contribution in [0.5, 0.6) is 0 Å². The maximum absolute atomic E-state index is 12.8. The van der Waals surface area contributed by atoms with E-state index in [0.717, 1.165) is 38.5 Å². The highest BCUT2D eigenvalue weighted by atomic mass is 16.3. The lowest BCUT2D eigenvalue weighted by molar-refractivity contribution is -0.134. The van der Waals surface area contributed by atoms with Crippen molar-refractivity contribution >= 4 is 11.8 Å². The number of piperazine rings is 2. The van der Waals surface area contributed by atoms with Gasteiger partial charge in [-0.3, -0.25) is 19.4 Å². The molecule has 0 N–H and O–H groups in total. The molecule has 3 heterocycles. The van der Waals surface area contributed by atoms with Crippen molar-refractivity contribution in [1.82, 2.24) is 19.6 Å². The Labute approximate surface area is 184 Å². The average molecular weight is 425 g/mol. The lowest BCUT2D eigenvalue weighted by atomic mass is 10.1. The minimum Gasteiger partial charge on any atom is -0.456 e. The van der Waals surface area contributed by atoms with Crippen LogP contribution in [0.15, 0.2) is 40.8 Å². The molecule has 31 heavy (non-hydrogen) atoms. The van der Waals surface area contributed by atoms with Crippen LogP contribution in [-0.4, -0.2) is 90.3 Å². The molecule has 7 nitrogen and oxygen atoms in total. The number of carbonyl (C=O) groups excluding carboxylic acids is 2. The monoisotopic (exact) mass is 424 g/mol. The minimum absolute atomic E-state index is 0.0659. The molecule has 0 radical (unpaired) electrons. The van der Waals surface area contributed by atoms with Crippen LogP contribution in [0.25, 0.3) is 0 Å². The number of hydrogen-bond acceptors (Lipinski definition) is 5. The number of carbonyl (C=O) groups is 2. The third-order valence-electron chi connectivity index (χ3n) is 6.35. The molecule has 4 rings (SSSR count). The summed E-state index contributed by atoms with van der Waals surface area (Å²) in [7, 11) is 0. The molecule has 0 spiro atoms. The molecule has 0 unspecified atom stereocenters. The molecule has 166 valence electrons. The van der Waals surface area contributed by atoms with Crippen LogP contribution >= 0.6 is 0 Å². The molecule has 1 aromatic heterocycles. The van der Waals surface area contributed by atoms with Crippen LogP contribution in [0, 0.1) is 13.8 Å². The summed E-state index contributed by atoms with van der Waals surface area (Å²) in [4.78, 5) is 33.7. The van der Waals surface area contributed by atoms with Gasteiger partial charge in [-0.15, -0.1) is 0 Å². The Morgan fingerprint density at radius 3 is 2.10 bits per heavy atom. The zero-order valence-electron chi connectivity index (χ0n) is 18.5. The fourth-order valence-corrected chi connectivity index (χ4v) is 4.29. The van der Waals surface area contributed by atoms with Crippen LogP contribution in [0.4, 0.5) is 0 Å². The van der Waals surface area contributed by atoms with Gasteiger partial charge >= 0.3 is 0 Å². The Balaban J connectivity index is 1.19. The first-order valence-electron chi connectivity index (χ1n) is 11.1. The summed E-state index contributed by atoms with van der Waals surface area (Å²) in [5.74, 6) is 1.26. The lowest BCUT2D eigenvalue weighted by Crippen LogP contribution is -2.54. The number of amides is 2. The molecule has 2 amide bonds. The maximum atomic E-state index is 12.8. The number of furan rings is 1. The van der Waals surface area contributed by atoms with Crippen molar-refractivity contribution in [3.8, 4) is 0 Å². The zero-order valence-corrected chi connectivity index (χ0v) is 18.5. The number of benzene rings is 1. The van der Waals surface area contributed by atoms with Gasteiger partial charge in [0.15, 0.2) is 5.76 Å². The zero-order chi connectivity index (χ0) is 21.8. The van der Waals surface area contributed by atoms with Crippen molar-refractivity contribution in [2.75, 3.05) is 58.9 Å². The fraction of sp³-hybridized carbons (Fsp3) is 0.500. The van der Waals surface area contributed by atoms with E-state index in [0.29, 0.717) is 38.5 Å². The van der Waals surface area contributed by atoms with E-state index in [2.05, 4.69) is 41.0 Å². The first-order chi connectivity index (χ1) is 15.0. The van der Waals surface area contributed by atoms with Gasteiger partial charge in [-0.25, -0.2) is 0 Å². The summed E-state index contributed by atoms with van der Waals surface area (Å²) in [6.07, 6.45) is 0. The van der Waals surface area contributed by atoms with Crippen molar-refractivity contribution in [3.63, 3.8) is 0 Å². The predicted octanol–water partition coefficient (Wildman–Crippen LogP) is 2.00. The van der Waals surface area contributed by atoms with Crippen molar-refractivity contribution in [1.29, 1.82) is 0 Å². The van der Waals surface area contributed by atoms with Gasteiger partial charge in [0.1, 0.15) is 5.76 Å². The largest absolute Gasteiger partial charge is 0.456 e. The highest BCUT2D eigenvalue weighted by molar-refractivity contribution is 5.91. The van der Waals surface area contributed by atoms with E-state index in [1.165, 1.54) is 11.1 Å². The SMILES string of the molecule is Cc1ccc(C(=O)N2CCN(CC(=O)N3CCN(Cc4ccccc4C)CC3)CC2)o1. The van der Waals surface area contributed by atoms with E-state index < -0.39 is 0 Å². The molecule has 2 fully saturated rings. The second-order valence-electron chi connectivity index (χ2n) is 8.56. The highest BCUT2D eigenvalue weighted by Crippen LogP contribution is 2.14. The number of nitrogens with zero attached hydrogens (tertiary/aromatic N) is 4. The van der Waals surface area contributed by atoms with Gasteiger partial charge in [-0.1, -0.05) is 24.3 Å². The van der Waals surface area contributed by atoms with E-state index in [1.807, 2.05) is 22.8 Å². The summed E-state index contributed by atoms with van der Waals surface area (Å²) in [6, 6.07) is 12.0. The van der Waals surface area contributed by atoms with E-state index in [9.17, 15) is 9.59 Å². The molecule has 2 saturated heterocycles. The Morgan fingerprint density at radius 2 is 1.45 bits per heavy atom. The van der Waals surface area contributed by atoms with Crippen LogP contribution in [0.1, 0.15) is 27.4 Å². The molecule has 7 heteroatoms. The first-order valence-corrected chi connectivity index (χ1v) is 11.1. The summed E-state index contributed by atoms with van der Waals surface area (Å²) in [5, 5.41) is 0. The van der Waals surface area contributed by atoms with Crippen molar-refractivity contribution in [2.45, 2.75) is 20.4 Å². The molecule has 2 aromatic rings. The van der Waals surface area contributed by atoms with Gasteiger partial charge < -0.3 is 14.2 Å². The second kappa shape index (κ2) is 9.66. The van der Waals surface area contributed by atoms with E-state index in [-0.39, 0.29) is 11.8 Å². The number of hydrogen-bond donors (Lipinski definition) is 0. The van der Waals surface area contributed by atoms with Crippen LogP contribution < -0.4 is 0 Å². The van der Waals surface area contributed by atoms with Crippen LogP contribution in [-0.2, 0) is 11.3 Å². The molecule has 2 aliphatic rings. The number of rotatable bonds is 5. The maximum Gasteiger partial charge on any atom is 0.289 e. The van der Waals surface area contributed by atoms with Gasteiger partial charge in [-0.05, 0) is 37.1 Å². The Bertz CT molecular complexity index is 909. The summed E-state index contributed by atoms with van der Waals surface area (Å²) >= 11 is 0. The van der Waals surface area contributed by atoms with E-state index in [1.54, 1.807) is 6.07 Å². The summed E-state index contributed by atoms with van der Waals surface area (Å²) in [5.41, 5.74) is 2.68. The summed E-state index contributed by atoms with van der Waals surface area (Å²) in [6.45, 7) is 11.4. The van der Waals surface area contributed by atoms with Gasteiger partial charge in [-0.2, -0.15) is 0 Å². The van der Waals surface area contributed by atoms with Crippen LogP contribution in [0.3, 0.4) is 0 Å². The number of aryl methyl sites for hydroxylation is 2. The predicted molar refractivity (Wildman–Crippen MR) is 119 cm³/mol. The first kappa shape index (κ1) is 21.6. The normalized spacial score (nSPS) is 18.4. The third-order valence-corrected chi connectivity index (χ3v) is 6.35. The molecule has 0 bridgehead atoms. The fourth-order valence-electron chi connectivity index (χ4n) is 4.29. The van der Waals surface area contributed by atoms with Gasteiger partial charge in [0.05, 0.1) is 6.54 Å². The molecular weight excluding hydrogens is 392 g/mol. The molecular formula is C24H32N4O3. The topological polar surface area (TPSA) is 60.2 Å². The molecule has 1 aromatic carbocycles. The second-order valence-corrected chi connectivity index (χ2v) is 8.56. The van der Waals surface area contributed by atoms with E-state index >= 15 is 0 Å².